The molecule has 2 N–H and O–H groups in total. The van der Waals surface area contributed by atoms with Gasteiger partial charge in [-0.1, -0.05) is 12.1 Å². The largest absolute Gasteiger partial charge is 0.484 e. The number of morpholine rings is 1. The SMILES string of the molecule is Cc1cnn(C[C@@H]2CN(Cc3cccc(OCC(N)=O)c3)CCO2)c1. The van der Waals surface area contributed by atoms with Gasteiger partial charge in [0.25, 0.3) is 5.91 Å². The van der Waals surface area contributed by atoms with E-state index in [1.54, 1.807) is 0 Å². The first-order valence-electron chi connectivity index (χ1n) is 8.41. The van der Waals surface area contributed by atoms with E-state index in [-0.39, 0.29) is 12.7 Å². The minimum Gasteiger partial charge on any atom is -0.484 e. The molecular weight excluding hydrogens is 320 g/mol. The van der Waals surface area contributed by atoms with Gasteiger partial charge in [0.1, 0.15) is 5.75 Å². The number of carbonyl (C=O) groups excluding carboxylic acids is 1. The summed E-state index contributed by atoms with van der Waals surface area (Å²) in [5.41, 5.74) is 7.40. The second-order valence-electron chi connectivity index (χ2n) is 6.37. The molecule has 1 saturated heterocycles. The maximum Gasteiger partial charge on any atom is 0.255 e. The second-order valence-corrected chi connectivity index (χ2v) is 6.37. The second kappa shape index (κ2) is 8.13. The number of aromatic nitrogens is 2. The summed E-state index contributed by atoms with van der Waals surface area (Å²) in [6.07, 6.45) is 4.02. The van der Waals surface area contributed by atoms with Gasteiger partial charge >= 0.3 is 0 Å². The van der Waals surface area contributed by atoms with Crippen LogP contribution in [0.2, 0.25) is 0 Å². The Hall–Kier alpha value is -2.38. The Kier molecular flexibility index (Phi) is 5.67. The molecule has 1 aromatic carbocycles. The van der Waals surface area contributed by atoms with E-state index in [2.05, 4.69) is 16.1 Å². The highest BCUT2D eigenvalue weighted by Gasteiger charge is 2.21. The summed E-state index contributed by atoms with van der Waals surface area (Å²) in [6.45, 7) is 5.95. The van der Waals surface area contributed by atoms with E-state index in [0.717, 1.165) is 37.3 Å². The Balaban J connectivity index is 1.55. The van der Waals surface area contributed by atoms with E-state index in [4.69, 9.17) is 15.2 Å². The maximum absolute atomic E-state index is 10.8. The number of primary amides is 1. The molecule has 1 atom stereocenters. The highest BCUT2D eigenvalue weighted by molar-refractivity contribution is 5.75. The molecule has 1 fully saturated rings. The molecule has 0 saturated carbocycles. The lowest BCUT2D eigenvalue weighted by Gasteiger charge is -2.33. The van der Waals surface area contributed by atoms with Gasteiger partial charge in [0.15, 0.2) is 6.61 Å². The first kappa shape index (κ1) is 17.4. The summed E-state index contributed by atoms with van der Waals surface area (Å²) < 4.78 is 13.2. The minimum atomic E-state index is -0.477. The first-order chi connectivity index (χ1) is 12.1. The minimum absolute atomic E-state index is 0.105. The van der Waals surface area contributed by atoms with Crippen molar-refractivity contribution in [2.45, 2.75) is 26.1 Å². The third-order valence-corrected chi connectivity index (χ3v) is 4.06. The quantitative estimate of drug-likeness (QED) is 0.809. The summed E-state index contributed by atoms with van der Waals surface area (Å²) in [6, 6.07) is 7.76. The van der Waals surface area contributed by atoms with Crippen LogP contribution in [0.4, 0.5) is 0 Å². The van der Waals surface area contributed by atoms with Gasteiger partial charge in [0.05, 0.1) is 25.5 Å². The van der Waals surface area contributed by atoms with Crippen molar-refractivity contribution in [2.24, 2.45) is 5.73 Å². The van der Waals surface area contributed by atoms with Crippen LogP contribution in [0.25, 0.3) is 0 Å². The summed E-state index contributed by atoms with van der Waals surface area (Å²) >= 11 is 0. The molecule has 0 aliphatic carbocycles. The van der Waals surface area contributed by atoms with Crippen LogP contribution in [-0.4, -0.2) is 53.0 Å². The molecule has 0 radical (unpaired) electrons. The summed E-state index contributed by atoms with van der Waals surface area (Å²) in [5.74, 6) is 0.184. The smallest absolute Gasteiger partial charge is 0.255 e. The van der Waals surface area contributed by atoms with Gasteiger partial charge in [-0.15, -0.1) is 0 Å². The molecule has 2 heterocycles. The Bertz CT molecular complexity index is 716. The van der Waals surface area contributed by atoms with Gasteiger partial charge in [-0.05, 0) is 30.2 Å². The monoisotopic (exact) mass is 344 g/mol. The summed E-state index contributed by atoms with van der Waals surface area (Å²) in [7, 11) is 0. The van der Waals surface area contributed by atoms with Crippen molar-refractivity contribution in [3.63, 3.8) is 0 Å². The fourth-order valence-electron chi connectivity index (χ4n) is 2.96. The Labute approximate surface area is 147 Å². The lowest BCUT2D eigenvalue weighted by Crippen LogP contribution is -2.43. The normalized spacial score (nSPS) is 18.2. The lowest BCUT2D eigenvalue weighted by atomic mass is 10.1. The van der Waals surface area contributed by atoms with Crippen LogP contribution in [0.1, 0.15) is 11.1 Å². The molecule has 7 nitrogen and oxygen atoms in total. The topological polar surface area (TPSA) is 82.6 Å². The molecule has 1 aromatic heterocycles. The van der Waals surface area contributed by atoms with Gasteiger partial charge < -0.3 is 15.2 Å². The van der Waals surface area contributed by atoms with Crippen LogP contribution in [0.5, 0.6) is 5.75 Å². The van der Waals surface area contributed by atoms with Gasteiger partial charge in [-0.3, -0.25) is 14.4 Å². The van der Waals surface area contributed by atoms with Crippen molar-refractivity contribution < 1.29 is 14.3 Å². The Morgan fingerprint density at radius 1 is 1.48 bits per heavy atom. The molecule has 3 rings (SSSR count). The fraction of sp³-hybridized carbons (Fsp3) is 0.444. The molecule has 2 aromatic rings. The van der Waals surface area contributed by atoms with E-state index in [1.165, 1.54) is 0 Å². The third kappa shape index (κ3) is 5.30. The maximum atomic E-state index is 10.8. The van der Waals surface area contributed by atoms with Crippen LogP contribution >= 0.6 is 0 Å². The van der Waals surface area contributed by atoms with E-state index < -0.39 is 5.91 Å². The summed E-state index contributed by atoms with van der Waals surface area (Å²) in [4.78, 5) is 13.2. The Morgan fingerprint density at radius 3 is 3.12 bits per heavy atom. The highest BCUT2D eigenvalue weighted by Crippen LogP contribution is 2.17. The van der Waals surface area contributed by atoms with Crippen molar-refractivity contribution >= 4 is 5.91 Å². The van der Waals surface area contributed by atoms with Gasteiger partial charge in [-0.2, -0.15) is 5.10 Å². The van der Waals surface area contributed by atoms with Crippen LogP contribution in [0.3, 0.4) is 0 Å². The van der Waals surface area contributed by atoms with Crippen LogP contribution in [-0.2, 0) is 22.6 Å². The number of hydrogen-bond acceptors (Lipinski definition) is 5. The number of ether oxygens (including phenoxy) is 2. The first-order valence-corrected chi connectivity index (χ1v) is 8.41. The number of nitrogens with two attached hydrogens (primary N) is 1. The van der Waals surface area contributed by atoms with Crippen molar-refractivity contribution in [1.82, 2.24) is 14.7 Å². The molecule has 0 spiro atoms. The third-order valence-electron chi connectivity index (χ3n) is 4.06. The Morgan fingerprint density at radius 2 is 2.36 bits per heavy atom. The molecule has 7 heteroatoms. The number of amides is 1. The zero-order valence-electron chi connectivity index (χ0n) is 14.4. The van der Waals surface area contributed by atoms with Crippen molar-refractivity contribution in [3.05, 3.63) is 47.8 Å². The number of benzene rings is 1. The molecular formula is C18H24N4O3. The molecule has 0 bridgehead atoms. The van der Waals surface area contributed by atoms with Crippen LogP contribution in [0, 0.1) is 6.92 Å². The van der Waals surface area contributed by atoms with Crippen LogP contribution < -0.4 is 10.5 Å². The molecule has 25 heavy (non-hydrogen) atoms. The fourth-order valence-corrected chi connectivity index (χ4v) is 2.96. The highest BCUT2D eigenvalue weighted by atomic mass is 16.5. The number of hydrogen-bond donors (Lipinski definition) is 1. The predicted octanol–water partition coefficient (Wildman–Crippen LogP) is 0.957. The molecule has 1 amide bonds. The van der Waals surface area contributed by atoms with Gasteiger partial charge in [0.2, 0.25) is 0 Å². The average molecular weight is 344 g/mol. The van der Waals surface area contributed by atoms with E-state index in [0.29, 0.717) is 12.4 Å². The van der Waals surface area contributed by atoms with Crippen LogP contribution in [0.15, 0.2) is 36.7 Å². The zero-order chi connectivity index (χ0) is 17.6. The number of rotatable bonds is 7. The van der Waals surface area contributed by atoms with Gasteiger partial charge in [0, 0.05) is 25.8 Å². The molecule has 134 valence electrons. The number of nitrogens with zero attached hydrogens (tertiary/aromatic N) is 3. The standard InChI is InChI=1S/C18H24N4O3/c1-14-8-20-22(9-14)12-17-11-21(5-6-24-17)10-15-3-2-4-16(7-15)25-13-18(19)23/h2-4,7-9,17H,5-6,10-13H2,1H3,(H2,19,23)/t17-/m0/s1. The predicted molar refractivity (Wildman–Crippen MR) is 93.1 cm³/mol. The van der Waals surface area contributed by atoms with Crippen molar-refractivity contribution in [2.75, 3.05) is 26.3 Å². The summed E-state index contributed by atoms with van der Waals surface area (Å²) in [5, 5.41) is 4.33. The average Bonchev–Trinajstić information content (AvgIpc) is 2.98. The molecule has 0 unspecified atom stereocenters. The van der Waals surface area contributed by atoms with Gasteiger partial charge in [-0.25, -0.2) is 0 Å². The van der Waals surface area contributed by atoms with Crippen molar-refractivity contribution in [1.29, 1.82) is 0 Å². The number of carbonyl (C=O) groups is 1. The molecule has 1 aliphatic heterocycles. The molecule has 1 aliphatic rings. The number of aryl methyl sites for hydroxylation is 1. The van der Waals surface area contributed by atoms with E-state index in [1.807, 2.05) is 42.2 Å². The van der Waals surface area contributed by atoms with Crippen molar-refractivity contribution in [3.8, 4) is 5.75 Å². The lowest BCUT2D eigenvalue weighted by molar-refractivity contribution is -0.119. The zero-order valence-corrected chi connectivity index (χ0v) is 14.4. The van der Waals surface area contributed by atoms with E-state index in [9.17, 15) is 4.79 Å². The van der Waals surface area contributed by atoms with E-state index >= 15 is 0 Å².